The summed E-state index contributed by atoms with van der Waals surface area (Å²) in [7, 11) is 3.53. The zero-order valence-electron chi connectivity index (χ0n) is 19.5. The molecular formula is C28H27N3O3. The molecule has 0 spiro atoms. The first kappa shape index (κ1) is 21.8. The summed E-state index contributed by atoms with van der Waals surface area (Å²) in [5, 5.41) is 3.96. The Kier molecular flexibility index (Phi) is 5.57. The molecule has 0 unspecified atom stereocenters. The number of nitrogens with one attached hydrogen (secondary N) is 1. The number of amides is 2. The normalized spacial score (nSPS) is 15.0. The molecule has 0 aliphatic carbocycles. The molecule has 0 bridgehead atoms. The molecule has 0 saturated carbocycles. The van der Waals surface area contributed by atoms with Crippen LogP contribution in [-0.2, 0) is 18.3 Å². The summed E-state index contributed by atoms with van der Waals surface area (Å²) in [6.07, 6.45) is 0.937. The van der Waals surface area contributed by atoms with E-state index in [9.17, 15) is 9.59 Å². The van der Waals surface area contributed by atoms with Crippen LogP contribution in [0.25, 0.3) is 10.9 Å². The van der Waals surface area contributed by atoms with E-state index in [2.05, 4.69) is 12.2 Å². The van der Waals surface area contributed by atoms with Crippen molar-refractivity contribution >= 4 is 28.4 Å². The highest BCUT2D eigenvalue weighted by atomic mass is 16.5. The summed E-state index contributed by atoms with van der Waals surface area (Å²) in [6.45, 7) is 2.04. The number of nitrogens with zero attached hydrogens (tertiary/aromatic N) is 2. The molecule has 1 aliphatic heterocycles. The predicted molar refractivity (Wildman–Crippen MR) is 133 cm³/mol. The number of fused-ring (bicyclic) bond motifs is 3. The van der Waals surface area contributed by atoms with Crippen LogP contribution in [0.4, 0.5) is 5.69 Å². The Morgan fingerprint density at radius 1 is 1.00 bits per heavy atom. The van der Waals surface area contributed by atoms with Crippen molar-refractivity contribution in [3.05, 3.63) is 95.2 Å². The van der Waals surface area contributed by atoms with Crippen molar-refractivity contribution in [2.75, 3.05) is 19.0 Å². The number of methoxy groups -OCH3 is 1. The van der Waals surface area contributed by atoms with Crippen molar-refractivity contribution in [1.82, 2.24) is 9.47 Å². The highest BCUT2D eigenvalue weighted by molar-refractivity contribution is 6.08. The number of aromatic nitrogens is 1. The van der Waals surface area contributed by atoms with Crippen LogP contribution in [0, 0.1) is 0 Å². The molecule has 172 valence electrons. The molecule has 0 saturated heterocycles. The van der Waals surface area contributed by atoms with E-state index >= 15 is 0 Å². The summed E-state index contributed by atoms with van der Waals surface area (Å²) >= 11 is 0. The van der Waals surface area contributed by atoms with Gasteiger partial charge in [-0.15, -0.1) is 0 Å². The molecule has 2 heterocycles. The minimum absolute atomic E-state index is 0.0476. The van der Waals surface area contributed by atoms with Gasteiger partial charge in [0.05, 0.1) is 13.2 Å². The lowest BCUT2D eigenvalue weighted by Crippen LogP contribution is -2.37. The number of hydrogen-bond acceptors (Lipinski definition) is 3. The fourth-order valence-electron chi connectivity index (χ4n) is 4.84. The van der Waals surface area contributed by atoms with E-state index in [0.717, 1.165) is 39.9 Å². The van der Waals surface area contributed by atoms with Gasteiger partial charge in [-0.3, -0.25) is 9.59 Å². The Balaban J connectivity index is 1.52. The Morgan fingerprint density at radius 3 is 2.38 bits per heavy atom. The van der Waals surface area contributed by atoms with Gasteiger partial charge in [-0.2, -0.15) is 0 Å². The number of carbonyl (C=O) groups is 2. The second kappa shape index (κ2) is 8.71. The fourth-order valence-corrected chi connectivity index (χ4v) is 4.84. The number of ether oxygens (including phenoxy) is 1. The number of benzene rings is 3. The quantitative estimate of drug-likeness (QED) is 0.450. The van der Waals surface area contributed by atoms with Crippen molar-refractivity contribution in [2.24, 2.45) is 7.05 Å². The van der Waals surface area contributed by atoms with E-state index < -0.39 is 0 Å². The van der Waals surface area contributed by atoms with E-state index in [1.807, 2.05) is 84.4 Å². The number of rotatable bonds is 6. The third-order valence-corrected chi connectivity index (χ3v) is 6.59. The van der Waals surface area contributed by atoms with Crippen LogP contribution in [-0.4, -0.2) is 34.9 Å². The van der Waals surface area contributed by atoms with Crippen LogP contribution in [0.1, 0.15) is 40.1 Å². The van der Waals surface area contributed by atoms with Crippen molar-refractivity contribution in [1.29, 1.82) is 0 Å². The lowest BCUT2D eigenvalue weighted by atomic mass is 9.98. The first-order valence-electron chi connectivity index (χ1n) is 11.4. The van der Waals surface area contributed by atoms with E-state index in [1.165, 1.54) is 5.56 Å². The average molecular weight is 454 g/mol. The second-order valence-corrected chi connectivity index (χ2v) is 8.55. The minimum Gasteiger partial charge on any atom is -0.497 e. The van der Waals surface area contributed by atoms with Crippen molar-refractivity contribution in [2.45, 2.75) is 19.4 Å². The summed E-state index contributed by atoms with van der Waals surface area (Å²) in [5.74, 6) is 0.366. The predicted octanol–water partition coefficient (Wildman–Crippen LogP) is 4.93. The van der Waals surface area contributed by atoms with Gasteiger partial charge in [0.15, 0.2) is 0 Å². The standard InChI is InChI=1S/C28H27N3O3/c1-4-18-9-13-20(14-10-18)29-24(32)17-31-26(19-11-15-21(34-3)16-12-19)25-22-7-5-6-8-23(22)30(2)27(25)28(31)33/h5-16,26H,4,17H2,1-3H3,(H,29,32)/t26-/m0/s1. The Labute approximate surface area is 198 Å². The maximum atomic E-state index is 13.7. The summed E-state index contributed by atoms with van der Waals surface area (Å²) in [6, 6.07) is 23.1. The number of aryl methyl sites for hydroxylation is 2. The lowest BCUT2D eigenvalue weighted by molar-refractivity contribution is -0.117. The highest BCUT2D eigenvalue weighted by Gasteiger charge is 2.42. The molecule has 3 aromatic carbocycles. The topological polar surface area (TPSA) is 63.6 Å². The maximum absolute atomic E-state index is 13.7. The molecule has 2 amide bonds. The van der Waals surface area contributed by atoms with Crippen LogP contribution >= 0.6 is 0 Å². The van der Waals surface area contributed by atoms with Gasteiger partial charge in [-0.25, -0.2) is 0 Å². The summed E-state index contributed by atoms with van der Waals surface area (Å²) in [5.41, 5.74) is 5.42. The molecule has 1 aliphatic rings. The third-order valence-electron chi connectivity index (χ3n) is 6.59. The average Bonchev–Trinajstić information content (AvgIpc) is 3.32. The van der Waals surface area contributed by atoms with E-state index in [-0.39, 0.29) is 24.4 Å². The molecule has 6 nitrogen and oxygen atoms in total. The molecule has 0 fully saturated rings. The highest BCUT2D eigenvalue weighted by Crippen LogP contribution is 2.44. The lowest BCUT2D eigenvalue weighted by Gasteiger charge is -2.26. The number of carbonyl (C=O) groups excluding carboxylic acids is 2. The Bertz CT molecular complexity index is 1370. The number of hydrogen-bond donors (Lipinski definition) is 1. The molecule has 1 aromatic heterocycles. The van der Waals surface area contributed by atoms with Gasteiger partial charge in [0.1, 0.15) is 18.0 Å². The zero-order chi connectivity index (χ0) is 23.8. The number of anilines is 1. The van der Waals surface area contributed by atoms with Gasteiger partial charge in [0.25, 0.3) is 5.91 Å². The summed E-state index contributed by atoms with van der Waals surface area (Å²) in [4.78, 5) is 28.4. The molecule has 5 rings (SSSR count). The third kappa shape index (κ3) is 3.61. The fraction of sp³-hybridized carbons (Fsp3) is 0.214. The van der Waals surface area contributed by atoms with Crippen molar-refractivity contribution < 1.29 is 14.3 Å². The SMILES string of the molecule is CCc1ccc(NC(=O)CN2C(=O)c3c(c4ccccc4n3C)[C@@H]2c2ccc(OC)cc2)cc1. The van der Waals surface area contributed by atoms with Crippen LogP contribution in [0.15, 0.2) is 72.8 Å². The van der Waals surface area contributed by atoms with Crippen molar-refractivity contribution in [3.63, 3.8) is 0 Å². The Morgan fingerprint density at radius 2 is 1.71 bits per heavy atom. The molecule has 6 heteroatoms. The zero-order valence-corrected chi connectivity index (χ0v) is 19.5. The van der Waals surface area contributed by atoms with E-state index in [4.69, 9.17) is 4.74 Å². The van der Waals surface area contributed by atoms with Gasteiger partial charge >= 0.3 is 0 Å². The van der Waals surface area contributed by atoms with E-state index in [1.54, 1.807) is 12.0 Å². The van der Waals surface area contributed by atoms with E-state index in [0.29, 0.717) is 5.69 Å². The smallest absolute Gasteiger partial charge is 0.272 e. The van der Waals surface area contributed by atoms with Crippen LogP contribution in [0.5, 0.6) is 5.75 Å². The first-order chi connectivity index (χ1) is 16.5. The second-order valence-electron chi connectivity index (χ2n) is 8.55. The number of para-hydroxylation sites is 1. The molecule has 1 N–H and O–H groups in total. The molecular weight excluding hydrogens is 426 g/mol. The molecule has 0 radical (unpaired) electrons. The van der Waals surface area contributed by atoms with Crippen LogP contribution in [0.2, 0.25) is 0 Å². The summed E-state index contributed by atoms with van der Waals surface area (Å²) < 4.78 is 7.26. The monoisotopic (exact) mass is 453 g/mol. The Hall–Kier alpha value is -4.06. The molecule has 1 atom stereocenters. The van der Waals surface area contributed by atoms with Gasteiger partial charge in [-0.05, 0) is 47.9 Å². The molecule has 34 heavy (non-hydrogen) atoms. The van der Waals surface area contributed by atoms with Gasteiger partial charge in [0, 0.05) is 29.2 Å². The minimum atomic E-state index is -0.368. The maximum Gasteiger partial charge on any atom is 0.272 e. The van der Waals surface area contributed by atoms with Gasteiger partial charge in [-0.1, -0.05) is 49.4 Å². The van der Waals surface area contributed by atoms with Crippen molar-refractivity contribution in [3.8, 4) is 5.75 Å². The van der Waals surface area contributed by atoms with Crippen LogP contribution in [0.3, 0.4) is 0 Å². The van der Waals surface area contributed by atoms with Crippen LogP contribution < -0.4 is 10.1 Å². The largest absolute Gasteiger partial charge is 0.497 e. The first-order valence-corrected chi connectivity index (χ1v) is 11.4. The van der Waals surface area contributed by atoms with Gasteiger partial charge < -0.3 is 19.5 Å². The molecule has 4 aromatic rings. The van der Waals surface area contributed by atoms with Gasteiger partial charge in [0.2, 0.25) is 5.91 Å².